The van der Waals surface area contributed by atoms with E-state index in [-0.39, 0.29) is 0 Å². The molecule has 1 aromatic carbocycles. The molecule has 0 saturated heterocycles. The maximum atomic E-state index is 4.28. The van der Waals surface area contributed by atoms with Crippen molar-refractivity contribution in [1.82, 2.24) is 15.5 Å². The van der Waals surface area contributed by atoms with Gasteiger partial charge in [-0.15, -0.1) is 22.0 Å². The van der Waals surface area contributed by atoms with Gasteiger partial charge in [-0.3, -0.25) is 0 Å². The van der Waals surface area contributed by atoms with E-state index in [9.17, 15) is 0 Å². The lowest BCUT2D eigenvalue weighted by molar-refractivity contribution is 0.779. The highest BCUT2D eigenvalue weighted by Gasteiger charge is 2.09. The predicted molar refractivity (Wildman–Crippen MR) is 74.8 cm³/mol. The van der Waals surface area contributed by atoms with Gasteiger partial charge in [0.1, 0.15) is 10.0 Å². The molecule has 0 amide bonds. The molecule has 0 saturated carbocycles. The summed E-state index contributed by atoms with van der Waals surface area (Å²) < 4.78 is 0. The number of benzene rings is 1. The molecule has 0 bridgehead atoms. The maximum Gasteiger partial charge on any atom is 0.148 e. The van der Waals surface area contributed by atoms with Crippen molar-refractivity contribution < 1.29 is 0 Å². The second-order valence-corrected chi connectivity index (χ2v) is 5.46. The minimum Gasteiger partial charge on any atom is -0.319 e. The summed E-state index contributed by atoms with van der Waals surface area (Å²) in [5, 5.41) is 13.7. The molecule has 1 N–H and O–H groups in total. The summed E-state index contributed by atoms with van der Waals surface area (Å²) in [5.74, 6) is 0. The molecular formula is C12H15N3S2. The Morgan fingerprint density at radius 2 is 2.12 bits per heavy atom. The highest BCUT2D eigenvalue weighted by molar-refractivity contribution is 7.98. The average Bonchev–Trinajstić information content (AvgIpc) is 2.85. The van der Waals surface area contributed by atoms with Crippen molar-refractivity contribution >= 4 is 23.1 Å². The highest BCUT2D eigenvalue weighted by atomic mass is 32.2. The molecule has 90 valence electrons. The summed E-state index contributed by atoms with van der Waals surface area (Å²) in [4.78, 5) is 1.25. The fraction of sp³-hybridized carbons (Fsp3) is 0.333. The third-order valence-corrected chi connectivity index (χ3v) is 4.21. The zero-order valence-electron chi connectivity index (χ0n) is 9.93. The molecule has 2 aromatic rings. The Balaban J connectivity index is 2.24. The standard InChI is InChI=1S/C12H15N3S2/c1-13-8-7-11-14-15-12(17-11)9-5-3-4-6-10(9)16-2/h3-6,13H,7-8H2,1-2H3. The topological polar surface area (TPSA) is 37.8 Å². The van der Waals surface area contributed by atoms with E-state index in [1.54, 1.807) is 23.1 Å². The van der Waals surface area contributed by atoms with Crippen LogP contribution in [0.15, 0.2) is 29.2 Å². The normalized spacial score (nSPS) is 10.7. The van der Waals surface area contributed by atoms with Crippen LogP contribution in [0.1, 0.15) is 5.01 Å². The van der Waals surface area contributed by atoms with Gasteiger partial charge in [0.05, 0.1) is 0 Å². The van der Waals surface area contributed by atoms with Crippen LogP contribution >= 0.6 is 23.1 Å². The van der Waals surface area contributed by atoms with Crippen molar-refractivity contribution in [3.63, 3.8) is 0 Å². The minimum absolute atomic E-state index is 0.940. The van der Waals surface area contributed by atoms with Gasteiger partial charge in [-0.2, -0.15) is 0 Å². The van der Waals surface area contributed by atoms with Gasteiger partial charge in [-0.05, 0) is 19.4 Å². The van der Waals surface area contributed by atoms with E-state index in [2.05, 4.69) is 40.0 Å². The zero-order valence-corrected chi connectivity index (χ0v) is 11.6. The zero-order chi connectivity index (χ0) is 12.1. The van der Waals surface area contributed by atoms with E-state index in [4.69, 9.17) is 0 Å². The van der Waals surface area contributed by atoms with Crippen LogP contribution in [0.25, 0.3) is 10.6 Å². The number of hydrogen-bond acceptors (Lipinski definition) is 5. The van der Waals surface area contributed by atoms with Crippen molar-refractivity contribution in [2.75, 3.05) is 19.8 Å². The third kappa shape index (κ3) is 3.06. The molecule has 0 spiro atoms. The van der Waals surface area contributed by atoms with Crippen LogP contribution in [0.2, 0.25) is 0 Å². The van der Waals surface area contributed by atoms with Gasteiger partial charge in [0, 0.05) is 23.4 Å². The van der Waals surface area contributed by atoms with E-state index in [1.807, 2.05) is 13.1 Å². The molecule has 1 aromatic heterocycles. The van der Waals surface area contributed by atoms with Gasteiger partial charge < -0.3 is 5.32 Å². The molecule has 0 aliphatic rings. The fourth-order valence-electron chi connectivity index (χ4n) is 1.52. The Morgan fingerprint density at radius 1 is 1.29 bits per heavy atom. The van der Waals surface area contributed by atoms with Crippen molar-refractivity contribution in [2.45, 2.75) is 11.3 Å². The predicted octanol–water partition coefficient (Wildman–Crippen LogP) is 2.69. The van der Waals surface area contributed by atoms with Crippen LogP contribution < -0.4 is 5.32 Å². The number of nitrogens with zero attached hydrogens (tertiary/aromatic N) is 2. The van der Waals surface area contributed by atoms with Crippen LogP contribution in [0.4, 0.5) is 0 Å². The van der Waals surface area contributed by atoms with Gasteiger partial charge in [0.15, 0.2) is 0 Å². The molecule has 17 heavy (non-hydrogen) atoms. The first-order valence-corrected chi connectivity index (χ1v) is 7.49. The third-order valence-electron chi connectivity index (χ3n) is 2.39. The van der Waals surface area contributed by atoms with E-state index in [1.165, 1.54) is 10.5 Å². The van der Waals surface area contributed by atoms with Crippen LogP contribution in [-0.4, -0.2) is 30.0 Å². The monoisotopic (exact) mass is 265 g/mol. The lowest BCUT2D eigenvalue weighted by atomic mass is 10.2. The summed E-state index contributed by atoms with van der Waals surface area (Å²) in [7, 11) is 1.95. The number of hydrogen-bond donors (Lipinski definition) is 1. The van der Waals surface area contributed by atoms with Gasteiger partial charge in [-0.1, -0.05) is 29.5 Å². The quantitative estimate of drug-likeness (QED) is 0.844. The molecule has 5 heteroatoms. The highest BCUT2D eigenvalue weighted by Crippen LogP contribution is 2.31. The van der Waals surface area contributed by atoms with Crippen molar-refractivity contribution in [1.29, 1.82) is 0 Å². The molecule has 0 unspecified atom stereocenters. The van der Waals surface area contributed by atoms with Crippen LogP contribution in [0, 0.1) is 0 Å². The SMILES string of the molecule is CNCCc1nnc(-c2ccccc2SC)s1. The Hall–Kier alpha value is -0.910. The smallest absolute Gasteiger partial charge is 0.148 e. The van der Waals surface area contributed by atoms with Gasteiger partial charge in [0.2, 0.25) is 0 Å². The Labute approximate surface area is 110 Å². The second-order valence-electron chi connectivity index (χ2n) is 3.55. The first-order chi connectivity index (χ1) is 8.35. The average molecular weight is 265 g/mol. The first-order valence-electron chi connectivity index (χ1n) is 5.45. The van der Waals surface area contributed by atoms with Gasteiger partial charge in [0.25, 0.3) is 0 Å². The van der Waals surface area contributed by atoms with Crippen molar-refractivity contribution in [2.24, 2.45) is 0 Å². The molecule has 2 rings (SSSR count). The first kappa shape index (κ1) is 12.5. The van der Waals surface area contributed by atoms with Gasteiger partial charge >= 0.3 is 0 Å². The molecule has 1 heterocycles. The largest absolute Gasteiger partial charge is 0.319 e. The fourth-order valence-corrected chi connectivity index (χ4v) is 3.06. The molecule has 3 nitrogen and oxygen atoms in total. The van der Waals surface area contributed by atoms with E-state index < -0.39 is 0 Å². The van der Waals surface area contributed by atoms with E-state index >= 15 is 0 Å². The molecule has 0 fully saturated rings. The molecule has 0 aliphatic heterocycles. The summed E-state index contributed by atoms with van der Waals surface area (Å²) in [5.41, 5.74) is 1.19. The lowest BCUT2D eigenvalue weighted by Crippen LogP contribution is -2.09. The van der Waals surface area contributed by atoms with Gasteiger partial charge in [-0.25, -0.2) is 0 Å². The second kappa shape index (κ2) is 6.14. The summed E-state index contributed by atoms with van der Waals surface area (Å²) in [6, 6.07) is 8.32. The Kier molecular flexibility index (Phi) is 4.53. The minimum atomic E-state index is 0.940. The van der Waals surface area contributed by atoms with Crippen molar-refractivity contribution in [3.8, 4) is 10.6 Å². The number of likely N-dealkylation sites (N-methyl/N-ethyl adjacent to an activating group) is 1. The molecule has 0 aliphatic carbocycles. The molecular weight excluding hydrogens is 250 g/mol. The number of nitrogens with one attached hydrogen (secondary N) is 1. The number of aromatic nitrogens is 2. The van der Waals surface area contributed by atoms with Crippen LogP contribution in [0.3, 0.4) is 0 Å². The maximum absolute atomic E-state index is 4.28. The van der Waals surface area contributed by atoms with E-state index in [0.717, 1.165) is 23.0 Å². The number of thioether (sulfide) groups is 1. The van der Waals surface area contributed by atoms with Crippen molar-refractivity contribution in [3.05, 3.63) is 29.3 Å². The summed E-state index contributed by atoms with van der Waals surface area (Å²) >= 11 is 3.42. The summed E-state index contributed by atoms with van der Waals surface area (Å²) in [6.07, 6.45) is 3.03. The Bertz CT molecular complexity index is 482. The van der Waals surface area contributed by atoms with Crippen LogP contribution in [0.5, 0.6) is 0 Å². The lowest BCUT2D eigenvalue weighted by Gasteiger charge is -2.01. The number of rotatable bonds is 5. The Morgan fingerprint density at radius 3 is 2.88 bits per heavy atom. The molecule has 0 radical (unpaired) electrons. The van der Waals surface area contributed by atoms with Crippen LogP contribution in [-0.2, 0) is 6.42 Å². The van der Waals surface area contributed by atoms with E-state index in [0.29, 0.717) is 0 Å². The molecule has 0 atom stereocenters. The summed E-state index contributed by atoms with van der Waals surface area (Å²) in [6.45, 7) is 0.943.